The molecule has 0 saturated heterocycles. The second kappa shape index (κ2) is 6.88. The molecule has 2 heteroatoms. The third kappa shape index (κ3) is 3.43. The van der Waals surface area contributed by atoms with Crippen LogP contribution in [-0.2, 0) is 0 Å². The fraction of sp³-hybridized carbons (Fsp3) is 0.455. The van der Waals surface area contributed by atoms with Crippen LogP contribution in [0.2, 0.25) is 0 Å². The molecule has 0 amide bonds. The number of rotatable bonds is 4. The van der Waals surface area contributed by atoms with Crippen molar-refractivity contribution in [2.24, 2.45) is 0 Å². The molecule has 0 saturated carbocycles. The second-order valence-electron chi connectivity index (χ2n) is 7.62. The lowest BCUT2D eigenvalue weighted by molar-refractivity contribution is 0.446. The highest BCUT2D eigenvalue weighted by Gasteiger charge is 2.22. The van der Waals surface area contributed by atoms with E-state index >= 15 is 0 Å². The van der Waals surface area contributed by atoms with E-state index in [1.54, 1.807) is 0 Å². The van der Waals surface area contributed by atoms with Crippen molar-refractivity contribution < 1.29 is 10.2 Å². The summed E-state index contributed by atoms with van der Waals surface area (Å²) >= 11 is 0. The number of aryl methyl sites for hydroxylation is 2. The van der Waals surface area contributed by atoms with Crippen molar-refractivity contribution in [3.8, 4) is 11.5 Å². The number of aromatic hydroxyl groups is 2. The summed E-state index contributed by atoms with van der Waals surface area (Å²) in [6.45, 7) is 14.5. The minimum Gasteiger partial charge on any atom is -0.507 e. The first-order valence-corrected chi connectivity index (χ1v) is 8.80. The molecule has 0 fully saturated rings. The van der Waals surface area contributed by atoms with Crippen LogP contribution in [-0.4, -0.2) is 10.2 Å². The van der Waals surface area contributed by atoms with Crippen LogP contribution in [0.4, 0.5) is 0 Å². The Balaban J connectivity index is 2.64. The number of hydrogen-bond acceptors (Lipinski definition) is 2. The summed E-state index contributed by atoms with van der Waals surface area (Å²) in [7, 11) is 0. The van der Waals surface area contributed by atoms with Gasteiger partial charge in [-0.2, -0.15) is 0 Å². The van der Waals surface area contributed by atoms with Gasteiger partial charge in [0.25, 0.3) is 0 Å². The molecule has 24 heavy (non-hydrogen) atoms. The Hall–Kier alpha value is -1.96. The highest BCUT2D eigenvalue weighted by atomic mass is 16.3. The van der Waals surface area contributed by atoms with Gasteiger partial charge in [-0.25, -0.2) is 0 Å². The summed E-state index contributed by atoms with van der Waals surface area (Å²) in [4.78, 5) is 0. The Bertz CT molecular complexity index is 679. The smallest absolute Gasteiger partial charge is 0.122 e. The van der Waals surface area contributed by atoms with Gasteiger partial charge < -0.3 is 10.2 Å². The summed E-state index contributed by atoms with van der Waals surface area (Å²) in [6, 6.07) is 8.16. The van der Waals surface area contributed by atoms with Gasteiger partial charge in [0.2, 0.25) is 0 Å². The third-order valence-electron chi connectivity index (χ3n) is 4.80. The van der Waals surface area contributed by atoms with Gasteiger partial charge in [-0.05, 0) is 36.8 Å². The van der Waals surface area contributed by atoms with E-state index in [1.807, 2.05) is 24.3 Å². The number of benzene rings is 2. The van der Waals surface area contributed by atoms with Crippen LogP contribution >= 0.6 is 0 Å². The van der Waals surface area contributed by atoms with E-state index in [2.05, 4.69) is 48.5 Å². The van der Waals surface area contributed by atoms with Crippen LogP contribution in [0, 0.1) is 13.8 Å². The van der Waals surface area contributed by atoms with Gasteiger partial charge >= 0.3 is 0 Å². The van der Waals surface area contributed by atoms with Crippen molar-refractivity contribution in [2.45, 2.75) is 66.2 Å². The third-order valence-corrected chi connectivity index (χ3v) is 4.80. The molecule has 0 spiro atoms. The quantitative estimate of drug-likeness (QED) is 0.711. The number of phenolic OH excluding ortho intramolecular Hbond substituents is 2. The molecule has 2 aromatic carbocycles. The zero-order chi connectivity index (χ0) is 18.2. The molecule has 2 rings (SSSR count). The van der Waals surface area contributed by atoms with E-state index < -0.39 is 0 Å². The Labute approximate surface area is 146 Å². The van der Waals surface area contributed by atoms with Crippen LogP contribution < -0.4 is 0 Å². The van der Waals surface area contributed by atoms with Gasteiger partial charge in [0, 0.05) is 17.0 Å². The Morgan fingerprint density at radius 2 is 0.875 bits per heavy atom. The van der Waals surface area contributed by atoms with E-state index in [1.165, 1.54) is 0 Å². The molecule has 2 aromatic rings. The Morgan fingerprint density at radius 1 is 0.583 bits per heavy atom. The van der Waals surface area contributed by atoms with Gasteiger partial charge in [0.1, 0.15) is 11.5 Å². The molecule has 0 aromatic heterocycles. The predicted octanol–water partition coefficient (Wildman–Crippen LogP) is 6.11. The topological polar surface area (TPSA) is 40.5 Å². The minimum atomic E-state index is -0.0696. The molecule has 0 radical (unpaired) electrons. The van der Waals surface area contributed by atoms with Crippen molar-refractivity contribution in [1.29, 1.82) is 0 Å². The molecule has 2 N–H and O–H groups in total. The van der Waals surface area contributed by atoms with Crippen molar-refractivity contribution in [1.82, 2.24) is 0 Å². The van der Waals surface area contributed by atoms with Crippen molar-refractivity contribution >= 4 is 0 Å². The van der Waals surface area contributed by atoms with Gasteiger partial charge in [-0.15, -0.1) is 0 Å². The highest BCUT2D eigenvalue weighted by Crippen LogP contribution is 2.42. The van der Waals surface area contributed by atoms with Crippen molar-refractivity contribution in [3.05, 3.63) is 57.6 Å². The van der Waals surface area contributed by atoms with E-state index in [0.29, 0.717) is 11.5 Å². The van der Waals surface area contributed by atoms with E-state index in [4.69, 9.17) is 0 Å². The van der Waals surface area contributed by atoms with E-state index in [-0.39, 0.29) is 17.8 Å². The van der Waals surface area contributed by atoms with Crippen molar-refractivity contribution in [3.63, 3.8) is 0 Å². The molecule has 0 aliphatic rings. The van der Waals surface area contributed by atoms with Crippen LogP contribution in [0.5, 0.6) is 11.5 Å². The molecule has 0 aliphatic carbocycles. The SMILES string of the molecule is Cc1cc(C(C)C)c(O)c(C(C)c2cc(C)cc(C(C)C)c2O)c1. The maximum absolute atomic E-state index is 10.8. The summed E-state index contributed by atoms with van der Waals surface area (Å²) in [5.74, 6) is 1.16. The standard InChI is InChI=1S/C22H30O2/c1-12(2)17-8-14(5)10-19(21(17)23)16(7)20-11-15(6)9-18(13(3)4)22(20)24/h8-13,16,23-24H,1-7H3. The zero-order valence-electron chi connectivity index (χ0n) is 15.9. The van der Waals surface area contributed by atoms with Gasteiger partial charge in [-0.1, -0.05) is 70.0 Å². The zero-order valence-corrected chi connectivity index (χ0v) is 15.9. The first-order valence-electron chi connectivity index (χ1n) is 8.80. The molecule has 0 bridgehead atoms. The maximum atomic E-state index is 10.8. The van der Waals surface area contributed by atoms with Crippen molar-refractivity contribution in [2.75, 3.05) is 0 Å². The largest absolute Gasteiger partial charge is 0.507 e. The van der Waals surface area contributed by atoms with E-state index in [9.17, 15) is 10.2 Å². The van der Waals surface area contributed by atoms with E-state index in [0.717, 1.165) is 33.4 Å². The van der Waals surface area contributed by atoms with Crippen LogP contribution in [0.1, 0.15) is 85.8 Å². The van der Waals surface area contributed by atoms with Gasteiger partial charge in [-0.3, -0.25) is 0 Å². The lowest BCUT2D eigenvalue weighted by atomic mass is 9.84. The van der Waals surface area contributed by atoms with Crippen LogP contribution in [0.15, 0.2) is 24.3 Å². The lowest BCUT2D eigenvalue weighted by Gasteiger charge is -2.22. The van der Waals surface area contributed by atoms with Gasteiger partial charge in [0.05, 0.1) is 0 Å². The van der Waals surface area contributed by atoms with Crippen LogP contribution in [0.3, 0.4) is 0 Å². The monoisotopic (exact) mass is 326 g/mol. The van der Waals surface area contributed by atoms with Crippen LogP contribution in [0.25, 0.3) is 0 Å². The average Bonchev–Trinajstić information content (AvgIpc) is 2.49. The highest BCUT2D eigenvalue weighted by molar-refractivity contribution is 5.54. The fourth-order valence-corrected chi connectivity index (χ4v) is 3.38. The summed E-state index contributed by atoms with van der Waals surface area (Å²) in [5.41, 5.74) is 5.97. The number of phenols is 2. The maximum Gasteiger partial charge on any atom is 0.122 e. The molecule has 0 atom stereocenters. The van der Waals surface area contributed by atoms with Gasteiger partial charge in [0.15, 0.2) is 0 Å². The summed E-state index contributed by atoms with van der Waals surface area (Å²) in [6.07, 6.45) is 0. The lowest BCUT2D eigenvalue weighted by Crippen LogP contribution is -2.03. The molecule has 0 unspecified atom stereocenters. The summed E-state index contributed by atoms with van der Waals surface area (Å²) in [5, 5.41) is 21.5. The first-order chi connectivity index (χ1) is 11.1. The first kappa shape index (κ1) is 18.4. The Kier molecular flexibility index (Phi) is 5.27. The molecule has 130 valence electrons. The summed E-state index contributed by atoms with van der Waals surface area (Å²) < 4.78 is 0. The number of hydrogen-bond donors (Lipinski definition) is 2. The molecule has 0 heterocycles. The normalized spacial score (nSPS) is 11.8. The molecule has 0 aliphatic heterocycles. The molecular weight excluding hydrogens is 296 g/mol. The minimum absolute atomic E-state index is 0.0696. The predicted molar refractivity (Wildman–Crippen MR) is 101 cm³/mol. The fourth-order valence-electron chi connectivity index (χ4n) is 3.38. The average molecular weight is 326 g/mol. The Morgan fingerprint density at radius 3 is 1.17 bits per heavy atom. The molecular formula is C22H30O2. The second-order valence-corrected chi connectivity index (χ2v) is 7.62. The molecule has 2 nitrogen and oxygen atoms in total.